The molecule has 0 unspecified atom stereocenters. The third-order valence-corrected chi connectivity index (χ3v) is 6.25. The number of hydrogen-bond acceptors (Lipinski definition) is 4. The van der Waals surface area contributed by atoms with Crippen LogP contribution in [0, 0.1) is 0 Å². The maximum absolute atomic E-state index is 11.2. The summed E-state index contributed by atoms with van der Waals surface area (Å²) in [7, 11) is 0. The lowest BCUT2D eigenvalue weighted by molar-refractivity contribution is 0.247. The highest BCUT2D eigenvalue weighted by Crippen LogP contribution is 2.39. The Morgan fingerprint density at radius 2 is 1.42 bits per heavy atom. The van der Waals surface area contributed by atoms with Crippen molar-refractivity contribution in [2.75, 3.05) is 31.1 Å². The Kier molecular flexibility index (Phi) is 7.16. The predicted octanol–water partition coefficient (Wildman–Crippen LogP) is 5.54. The smallest absolute Gasteiger partial charge is 0.128 e. The average Bonchev–Trinajstić information content (AvgIpc) is 2.84. The van der Waals surface area contributed by atoms with Gasteiger partial charge < -0.3 is 15.1 Å². The Morgan fingerprint density at radius 3 is 2.12 bits per heavy atom. The fraction of sp³-hybridized carbons (Fsp3) is 0.241. The summed E-state index contributed by atoms with van der Waals surface area (Å²) in [5.74, 6) is 0.399. The van der Waals surface area contributed by atoms with Gasteiger partial charge in [0.25, 0.3) is 0 Å². The predicted molar refractivity (Wildman–Crippen MR) is 137 cm³/mol. The number of phenols is 2. The second-order valence-corrected chi connectivity index (χ2v) is 8.59. The molecule has 0 saturated carbocycles. The maximum Gasteiger partial charge on any atom is 0.128 e. The molecule has 1 heterocycles. The summed E-state index contributed by atoms with van der Waals surface area (Å²) >= 11 is 0. The zero-order chi connectivity index (χ0) is 23.2. The SMILES string of the molecule is C=CCc1ccc(O)c(-c2cc(CC=C)cc(CN3CCN(c4ccccc4)CC3)c2O)c1. The van der Waals surface area contributed by atoms with Crippen molar-refractivity contribution in [1.82, 2.24) is 4.90 Å². The van der Waals surface area contributed by atoms with Crippen LogP contribution in [0.15, 0.2) is 86.0 Å². The van der Waals surface area contributed by atoms with Gasteiger partial charge in [0, 0.05) is 55.1 Å². The molecule has 0 atom stereocenters. The van der Waals surface area contributed by atoms with E-state index in [1.807, 2.05) is 36.4 Å². The molecule has 1 aliphatic heterocycles. The van der Waals surface area contributed by atoms with E-state index in [-0.39, 0.29) is 11.5 Å². The first kappa shape index (κ1) is 22.7. The fourth-order valence-corrected chi connectivity index (χ4v) is 4.51. The molecule has 0 aliphatic carbocycles. The molecule has 0 radical (unpaired) electrons. The summed E-state index contributed by atoms with van der Waals surface area (Å²) in [6, 6.07) is 20.0. The number of anilines is 1. The van der Waals surface area contributed by atoms with Gasteiger partial charge in [0.05, 0.1) is 0 Å². The highest BCUT2D eigenvalue weighted by Gasteiger charge is 2.21. The van der Waals surface area contributed by atoms with Crippen LogP contribution in [0.1, 0.15) is 16.7 Å². The van der Waals surface area contributed by atoms with Crippen molar-refractivity contribution in [2.45, 2.75) is 19.4 Å². The quantitative estimate of drug-likeness (QED) is 0.451. The van der Waals surface area contributed by atoms with E-state index < -0.39 is 0 Å². The van der Waals surface area contributed by atoms with Crippen LogP contribution in [0.3, 0.4) is 0 Å². The first-order valence-electron chi connectivity index (χ1n) is 11.5. The number of para-hydroxylation sites is 1. The van der Waals surface area contributed by atoms with E-state index in [4.69, 9.17) is 0 Å². The van der Waals surface area contributed by atoms with Crippen molar-refractivity contribution in [3.05, 3.63) is 103 Å². The Morgan fingerprint density at radius 1 is 0.758 bits per heavy atom. The molecule has 0 bridgehead atoms. The van der Waals surface area contributed by atoms with Gasteiger partial charge >= 0.3 is 0 Å². The molecule has 0 aromatic heterocycles. The summed E-state index contributed by atoms with van der Waals surface area (Å²) in [4.78, 5) is 4.78. The molecular weight excluding hydrogens is 408 g/mol. The molecule has 1 saturated heterocycles. The van der Waals surface area contributed by atoms with Gasteiger partial charge in [0.1, 0.15) is 11.5 Å². The molecule has 33 heavy (non-hydrogen) atoms. The van der Waals surface area contributed by atoms with E-state index in [1.54, 1.807) is 6.07 Å². The van der Waals surface area contributed by atoms with E-state index in [0.29, 0.717) is 30.5 Å². The Hall–Kier alpha value is -3.50. The largest absolute Gasteiger partial charge is 0.507 e. The molecule has 1 fully saturated rings. The second-order valence-electron chi connectivity index (χ2n) is 8.59. The van der Waals surface area contributed by atoms with Crippen molar-refractivity contribution >= 4 is 5.69 Å². The summed E-state index contributed by atoms with van der Waals surface area (Å²) < 4.78 is 0. The first-order chi connectivity index (χ1) is 16.1. The Labute approximate surface area is 196 Å². The number of allylic oxidation sites excluding steroid dienone is 2. The molecule has 3 aromatic rings. The van der Waals surface area contributed by atoms with E-state index in [0.717, 1.165) is 42.9 Å². The molecule has 4 heteroatoms. The van der Waals surface area contributed by atoms with Gasteiger partial charge in [0.15, 0.2) is 0 Å². The summed E-state index contributed by atoms with van der Waals surface area (Å²) in [5.41, 5.74) is 5.56. The van der Waals surface area contributed by atoms with E-state index >= 15 is 0 Å². The number of piperazine rings is 1. The molecule has 0 amide bonds. The molecule has 2 N–H and O–H groups in total. The number of benzene rings is 3. The van der Waals surface area contributed by atoms with Crippen molar-refractivity contribution in [2.24, 2.45) is 0 Å². The minimum Gasteiger partial charge on any atom is -0.507 e. The zero-order valence-electron chi connectivity index (χ0n) is 19.1. The van der Waals surface area contributed by atoms with Crippen LogP contribution in [0.2, 0.25) is 0 Å². The van der Waals surface area contributed by atoms with Crippen LogP contribution < -0.4 is 4.90 Å². The highest BCUT2D eigenvalue weighted by atomic mass is 16.3. The van der Waals surface area contributed by atoms with Gasteiger partial charge in [-0.15, -0.1) is 13.2 Å². The molecule has 1 aliphatic rings. The summed E-state index contributed by atoms with van der Waals surface area (Å²) in [6.45, 7) is 12.1. The average molecular weight is 441 g/mol. The minimum atomic E-state index is 0.163. The molecule has 170 valence electrons. The van der Waals surface area contributed by atoms with Gasteiger partial charge in [-0.3, -0.25) is 4.90 Å². The van der Waals surface area contributed by atoms with Gasteiger partial charge in [-0.05, 0) is 54.3 Å². The number of rotatable bonds is 8. The lowest BCUT2D eigenvalue weighted by Crippen LogP contribution is -2.45. The van der Waals surface area contributed by atoms with E-state index in [9.17, 15) is 10.2 Å². The monoisotopic (exact) mass is 440 g/mol. The van der Waals surface area contributed by atoms with Crippen LogP contribution in [-0.4, -0.2) is 41.3 Å². The second kappa shape index (κ2) is 10.4. The summed E-state index contributed by atoms with van der Waals surface area (Å²) in [6.07, 6.45) is 5.12. The third-order valence-electron chi connectivity index (χ3n) is 6.25. The molecule has 0 spiro atoms. The van der Waals surface area contributed by atoms with Crippen molar-refractivity contribution in [3.8, 4) is 22.6 Å². The van der Waals surface area contributed by atoms with Crippen LogP contribution in [0.4, 0.5) is 5.69 Å². The van der Waals surface area contributed by atoms with E-state index in [1.165, 1.54) is 5.69 Å². The number of nitrogens with zero attached hydrogens (tertiary/aromatic N) is 2. The lowest BCUT2D eigenvalue weighted by Gasteiger charge is -2.36. The van der Waals surface area contributed by atoms with Crippen molar-refractivity contribution in [3.63, 3.8) is 0 Å². The van der Waals surface area contributed by atoms with Gasteiger partial charge in [-0.2, -0.15) is 0 Å². The fourth-order valence-electron chi connectivity index (χ4n) is 4.51. The number of aromatic hydroxyl groups is 2. The topological polar surface area (TPSA) is 46.9 Å². The van der Waals surface area contributed by atoms with Gasteiger partial charge in [0.2, 0.25) is 0 Å². The van der Waals surface area contributed by atoms with Crippen LogP contribution in [-0.2, 0) is 19.4 Å². The van der Waals surface area contributed by atoms with Gasteiger partial charge in [-0.25, -0.2) is 0 Å². The highest BCUT2D eigenvalue weighted by molar-refractivity contribution is 5.78. The number of hydrogen-bond donors (Lipinski definition) is 2. The van der Waals surface area contributed by atoms with Crippen LogP contribution >= 0.6 is 0 Å². The van der Waals surface area contributed by atoms with Crippen LogP contribution in [0.5, 0.6) is 11.5 Å². The minimum absolute atomic E-state index is 0.163. The normalized spacial score (nSPS) is 14.2. The number of phenolic OH excluding ortho intramolecular Hbond substituents is 2. The molecule has 4 rings (SSSR count). The van der Waals surface area contributed by atoms with E-state index in [2.05, 4.69) is 53.3 Å². The Balaban J connectivity index is 1.59. The zero-order valence-corrected chi connectivity index (χ0v) is 19.1. The summed E-state index contributed by atoms with van der Waals surface area (Å²) in [5, 5.41) is 21.8. The standard InChI is InChI=1S/C29H32N2O2/c1-3-8-22-12-13-28(32)26(19-22)27-20-23(9-4-2)18-24(29(27)33)21-30-14-16-31(17-15-30)25-10-6-5-7-11-25/h3-7,10-13,18-20,32-33H,1-2,8-9,14-17,21H2. The van der Waals surface area contributed by atoms with Crippen molar-refractivity contribution < 1.29 is 10.2 Å². The Bertz CT molecular complexity index is 1120. The molecule has 3 aromatic carbocycles. The van der Waals surface area contributed by atoms with Gasteiger partial charge in [-0.1, -0.05) is 42.5 Å². The van der Waals surface area contributed by atoms with Crippen molar-refractivity contribution in [1.29, 1.82) is 0 Å². The molecular formula is C29H32N2O2. The third kappa shape index (κ3) is 5.29. The van der Waals surface area contributed by atoms with Crippen LogP contribution in [0.25, 0.3) is 11.1 Å². The first-order valence-corrected chi connectivity index (χ1v) is 11.5. The lowest BCUT2D eigenvalue weighted by atomic mass is 9.94. The molecule has 4 nitrogen and oxygen atoms in total. The maximum atomic E-state index is 11.2.